The molecule has 0 saturated heterocycles. The topological polar surface area (TPSA) is 110 Å². The van der Waals surface area contributed by atoms with Crippen LogP contribution in [0, 0.1) is 6.92 Å². The van der Waals surface area contributed by atoms with Crippen LogP contribution in [0.25, 0.3) is 11.3 Å². The lowest BCUT2D eigenvalue weighted by Gasteiger charge is -2.15. The fourth-order valence-electron chi connectivity index (χ4n) is 3.01. The molecule has 0 spiro atoms. The first-order valence-corrected chi connectivity index (χ1v) is 9.63. The van der Waals surface area contributed by atoms with Gasteiger partial charge < -0.3 is 15.2 Å². The van der Waals surface area contributed by atoms with Gasteiger partial charge in [0, 0.05) is 23.4 Å². The van der Waals surface area contributed by atoms with Crippen molar-refractivity contribution in [2.75, 3.05) is 17.9 Å². The van der Waals surface area contributed by atoms with E-state index in [1.165, 1.54) is 11.8 Å². The van der Waals surface area contributed by atoms with E-state index in [0.29, 0.717) is 22.8 Å². The number of anilines is 1. The first-order valence-electron chi connectivity index (χ1n) is 9.63. The maximum absolute atomic E-state index is 12.6. The molecule has 2 amide bonds. The Bertz CT molecular complexity index is 1090. The normalized spacial score (nSPS) is 10.4. The largest absolute Gasteiger partial charge is 0.497 e. The van der Waals surface area contributed by atoms with E-state index < -0.39 is 17.8 Å². The fourth-order valence-corrected chi connectivity index (χ4v) is 3.01. The minimum Gasteiger partial charge on any atom is -0.497 e. The maximum Gasteiger partial charge on any atom is 0.328 e. The van der Waals surface area contributed by atoms with Crippen molar-refractivity contribution in [3.05, 3.63) is 71.9 Å². The highest BCUT2D eigenvalue weighted by molar-refractivity contribution is 6.42. The Labute approximate surface area is 179 Å². The number of nitrogens with one attached hydrogen (secondary N) is 2. The molecule has 3 aromatic rings. The Morgan fingerprint density at radius 3 is 2.23 bits per heavy atom. The van der Waals surface area contributed by atoms with Crippen LogP contribution in [0.5, 0.6) is 5.75 Å². The highest BCUT2D eigenvalue weighted by atomic mass is 16.5. The van der Waals surface area contributed by atoms with Crippen LogP contribution in [0.15, 0.2) is 60.7 Å². The van der Waals surface area contributed by atoms with Crippen LogP contribution in [0.2, 0.25) is 0 Å². The quantitative estimate of drug-likeness (QED) is 0.508. The molecule has 8 nitrogen and oxygen atoms in total. The molecular formula is C23H23N3O5. The molecule has 31 heavy (non-hydrogen) atoms. The lowest BCUT2D eigenvalue weighted by atomic mass is 10.1. The number of methoxy groups -OCH3 is 1. The molecule has 1 aromatic heterocycles. The lowest BCUT2D eigenvalue weighted by molar-refractivity contribution is -0.137. The van der Waals surface area contributed by atoms with Crippen LogP contribution in [0.3, 0.4) is 0 Å². The summed E-state index contributed by atoms with van der Waals surface area (Å²) in [6.45, 7) is 1.96. The average Bonchev–Trinajstić information content (AvgIpc) is 3.15. The summed E-state index contributed by atoms with van der Waals surface area (Å²) in [5.41, 5.74) is 6.15. The first-order chi connectivity index (χ1) is 14.9. The van der Waals surface area contributed by atoms with E-state index in [-0.39, 0.29) is 12.8 Å². The highest BCUT2D eigenvalue weighted by Gasteiger charge is 2.19. The van der Waals surface area contributed by atoms with Crippen molar-refractivity contribution >= 4 is 23.5 Å². The number of carboxylic acid groups (broad SMARTS) is 1. The second kappa shape index (κ2) is 9.62. The van der Waals surface area contributed by atoms with Gasteiger partial charge in [-0.25, -0.2) is 0 Å². The molecule has 0 aliphatic heterocycles. The van der Waals surface area contributed by atoms with Gasteiger partial charge in [-0.2, -0.15) is 0 Å². The number of amides is 2. The molecule has 3 rings (SSSR count). The van der Waals surface area contributed by atoms with Crippen LogP contribution in [-0.4, -0.2) is 34.7 Å². The number of nitrogens with zero attached hydrogens (tertiary/aromatic N) is 1. The Morgan fingerprint density at radius 2 is 1.61 bits per heavy atom. The molecule has 0 unspecified atom stereocenters. The van der Waals surface area contributed by atoms with Crippen molar-refractivity contribution in [2.24, 2.45) is 0 Å². The number of aryl methyl sites for hydroxylation is 2. The lowest BCUT2D eigenvalue weighted by Crippen LogP contribution is -2.35. The number of hydrogen-bond acceptors (Lipinski definition) is 4. The van der Waals surface area contributed by atoms with Gasteiger partial charge in [0.05, 0.1) is 19.2 Å². The standard InChI is InChI=1S/C23H23N3O5/c1-15-3-5-16(6-4-15)20-13-9-18(10-14-21(27)28)26(20)25-23(30)22(29)24-17-7-11-19(31-2)12-8-17/h3-9,11-13H,10,14H2,1-2H3,(H,24,29)(H,25,30)(H,27,28). The molecule has 0 aliphatic carbocycles. The van der Waals surface area contributed by atoms with Crippen molar-refractivity contribution in [2.45, 2.75) is 19.8 Å². The molecular weight excluding hydrogens is 398 g/mol. The molecule has 0 radical (unpaired) electrons. The van der Waals surface area contributed by atoms with Crippen molar-refractivity contribution in [3.63, 3.8) is 0 Å². The van der Waals surface area contributed by atoms with Crippen molar-refractivity contribution < 1.29 is 24.2 Å². The van der Waals surface area contributed by atoms with Gasteiger partial charge in [0.1, 0.15) is 5.75 Å². The smallest absolute Gasteiger partial charge is 0.328 e. The van der Waals surface area contributed by atoms with E-state index in [1.54, 1.807) is 36.4 Å². The van der Waals surface area contributed by atoms with Gasteiger partial charge in [-0.05, 0) is 43.3 Å². The van der Waals surface area contributed by atoms with E-state index in [0.717, 1.165) is 11.1 Å². The maximum atomic E-state index is 12.6. The third-order valence-electron chi connectivity index (χ3n) is 4.67. The Hall–Kier alpha value is -4.07. The molecule has 2 aromatic carbocycles. The number of ether oxygens (including phenoxy) is 1. The molecule has 8 heteroatoms. The predicted octanol–water partition coefficient (Wildman–Crippen LogP) is 3.20. The monoisotopic (exact) mass is 421 g/mol. The second-order valence-corrected chi connectivity index (χ2v) is 6.93. The first kappa shape index (κ1) is 21.6. The van der Waals surface area contributed by atoms with Crippen LogP contribution < -0.4 is 15.5 Å². The number of benzene rings is 2. The second-order valence-electron chi connectivity index (χ2n) is 6.93. The van der Waals surface area contributed by atoms with Crippen molar-refractivity contribution in [1.82, 2.24) is 4.68 Å². The number of carboxylic acids is 1. The molecule has 0 fully saturated rings. The van der Waals surface area contributed by atoms with E-state index in [4.69, 9.17) is 9.84 Å². The molecule has 0 atom stereocenters. The van der Waals surface area contributed by atoms with Crippen LogP contribution in [0.4, 0.5) is 5.69 Å². The van der Waals surface area contributed by atoms with Crippen molar-refractivity contribution in [3.8, 4) is 17.0 Å². The summed E-state index contributed by atoms with van der Waals surface area (Å²) in [6.07, 6.45) is 0.0901. The number of carbonyl (C=O) groups is 3. The Morgan fingerprint density at radius 1 is 0.935 bits per heavy atom. The molecule has 0 bridgehead atoms. The number of aromatic nitrogens is 1. The Kier molecular flexibility index (Phi) is 6.71. The predicted molar refractivity (Wildman–Crippen MR) is 117 cm³/mol. The summed E-state index contributed by atoms with van der Waals surface area (Å²) < 4.78 is 6.53. The summed E-state index contributed by atoms with van der Waals surface area (Å²) in [4.78, 5) is 36.0. The summed E-state index contributed by atoms with van der Waals surface area (Å²) >= 11 is 0. The number of rotatable bonds is 7. The summed E-state index contributed by atoms with van der Waals surface area (Å²) in [5.74, 6) is -2.05. The zero-order chi connectivity index (χ0) is 22.4. The zero-order valence-electron chi connectivity index (χ0n) is 17.2. The highest BCUT2D eigenvalue weighted by Crippen LogP contribution is 2.23. The summed E-state index contributed by atoms with van der Waals surface area (Å²) in [5, 5.41) is 11.5. The minimum absolute atomic E-state index is 0.106. The average molecular weight is 421 g/mol. The third-order valence-corrected chi connectivity index (χ3v) is 4.67. The minimum atomic E-state index is -0.951. The zero-order valence-corrected chi connectivity index (χ0v) is 17.2. The van der Waals surface area contributed by atoms with Gasteiger partial charge in [0.15, 0.2) is 0 Å². The fraction of sp³-hybridized carbons (Fsp3) is 0.174. The van der Waals surface area contributed by atoms with Crippen LogP contribution in [-0.2, 0) is 20.8 Å². The molecule has 1 heterocycles. The number of hydrogen-bond donors (Lipinski definition) is 3. The third kappa shape index (κ3) is 5.51. The molecule has 0 aliphatic rings. The molecule has 160 valence electrons. The van der Waals surface area contributed by atoms with E-state index in [9.17, 15) is 14.4 Å². The van der Waals surface area contributed by atoms with E-state index in [2.05, 4.69) is 10.7 Å². The summed E-state index contributed by atoms with van der Waals surface area (Å²) in [6, 6.07) is 17.7. The van der Waals surface area contributed by atoms with Gasteiger partial charge in [0.25, 0.3) is 0 Å². The number of aliphatic carboxylic acids is 1. The summed E-state index contributed by atoms with van der Waals surface area (Å²) in [7, 11) is 1.53. The van der Waals surface area contributed by atoms with Gasteiger partial charge in [-0.15, -0.1) is 0 Å². The molecule has 3 N–H and O–H groups in total. The molecule has 0 saturated carbocycles. The van der Waals surface area contributed by atoms with E-state index in [1.807, 2.05) is 31.2 Å². The SMILES string of the molecule is COc1ccc(NC(=O)C(=O)Nn2c(CCC(=O)O)ccc2-c2ccc(C)cc2)cc1. The van der Waals surface area contributed by atoms with Gasteiger partial charge in [-0.3, -0.25) is 24.5 Å². The van der Waals surface area contributed by atoms with Crippen LogP contribution >= 0.6 is 0 Å². The number of carbonyl (C=O) groups excluding carboxylic acids is 2. The van der Waals surface area contributed by atoms with Gasteiger partial charge in [0.2, 0.25) is 0 Å². The Balaban J connectivity index is 1.82. The van der Waals surface area contributed by atoms with E-state index >= 15 is 0 Å². The van der Waals surface area contributed by atoms with Gasteiger partial charge in [-0.1, -0.05) is 29.8 Å². The van der Waals surface area contributed by atoms with Crippen molar-refractivity contribution in [1.29, 1.82) is 0 Å². The van der Waals surface area contributed by atoms with Crippen LogP contribution in [0.1, 0.15) is 17.7 Å². The van der Waals surface area contributed by atoms with Gasteiger partial charge >= 0.3 is 17.8 Å².